The van der Waals surface area contributed by atoms with E-state index in [0.717, 1.165) is 6.42 Å². The highest BCUT2D eigenvalue weighted by Crippen LogP contribution is 2.28. The second-order valence-corrected chi connectivity index (χ2v) is 7.75. The summed E-state index contributed by atoms with van der Waals surface area (Å²) in [6.45, 7) is 3.28. The van der Waals surface area contributed by atoms with Gasteiger partial charge in [-0.25, -0.2) is 4.68 Å². The first-order valence-electron chi connectivity index (χ1n) is 10.2. The van der Waals surface area contributed by atoms with E-state index in [1.807, 2.05) is 30.3 Å². The molecule has 156 valence electrons. The van der Waals surface area contributed by atoms with Crippen molar-refractivity contribution in [2.24, 2.45) is 13.0 Å². The molecule has 1 aliphatic carbocycles. The molecule has 1 saturated carbocycles. The minimum absolute atomic E-state index is 0.190. The van der Waals surface area contributed by atoms with Gasteiger partial charge in [0, 0.05) is 13.5 Å². The first-order valence-corrected chi connectivity index (χ1v) is 10.2. The van der Waals surface area contributed by atoms with Crippen molar-refractivity contribution >= 4 is 17.6 Å². The summed E-state index contributed by atoms with van der Waals surface area (Å²) in [6.07, 6.45) is 4.98. The van der Waals surface area contributed by atoms with E-state index in [1.165, 1.54) is 37.3 Å². The number of anilines is 1. The fourth-order valence-corrected chi connectivity index (χ4v) is 3.87. The van der Waals surface area contributed by atoms with Crippen LogP contribution in [0.15, 0.2) is 35.1 Å². The lowest BCUT2D eigenvalue weighted by atomic mass is 10.0. The van der Waals surface area contributed by atoms with Crippen LogP contribution in [0, 0.1) is 12.8 Å². The predicted octanol–water partition coefficient (Wildman–Crippen LogP) is 3.33. The Hall–Kier alpha value is -2.83. The van der Waals surface area contributed by atoms with Crippen molar-refractivity contribution in [3.8, 4) is 5.69 Å². The number of rotatable bonds is 7. The monoisotopic (exact) mass is 399 g/mol. The molecule has 2 aromatic rings. The van der Waals surface area contributed by atoms with Gasteiger partial charge >= 0.3 is 5.97 Å². The van der Waals surface area contributed by atoms with E-state index in [1.54, 1.807) is 18.7 Å². The number of carbonyl (C=O) groups excluding carboxylic acids is 2. The average Bonchev–Trinajstić information content (AvgIpc) is 3.30. The van der Waals surface area contributed by atoms with E-state index in [9.17, 15) is 14.4 Å². The Morgan fingerprint density at radius 1 is 1.21 bits per heavy atom. The molecule has 0 aliphatic heterocycles. The molecule has 29 heavy (non-hydrogen) atoms. The van der Waals surface area contributed by atoms with Gasteiger partial charge < -0.3 is 10.1 Å². The van der Waals surface area contributed by atoms with Crippen LogP contribution in [0.4, 0.5) is 5.69 Å². The lowest BCUT2D eigenvalue weighted by Crippen LogP contribution is -2.32. The highest BCUT2D eigenvalue weighted by Gasteiger charge is 2.24. The van der Waals surface area contributed by atoms with Crippen molar-refractivity contribution in [2.75, 3.05) is 5.32 Å². The second kappa shape index (κ2) is 9.11. The Kier molecular flexibility index (Phi) is 6.56. The zero-order valence-electron chi connectivity index (χ0n) is 17.3. The third kappa shape index (κ3) is 4.78. The number of para-hydroxylation sites is 1. The molecule has 7 heteroatoms. The number of nitrogens with zero attached hydrogens (tertiary/aromatic N) is 2. The lowest BCUT2D eigenvalue weighted by Gasteiger charge is -2.14. The largest absolute Gasteiger partial charge is 0.453 e. The third-order valence-electron chi connectivity index (χ3n) is 5.71. The van der Waals surface area contributed by atoms with Crippen molar-refractivity contribution in [3.63, 3.8) is 0 Å². The molecule has 1 atom stereocenters. The van der Waals surface area contributed by atoms with Gasteiger partial charge in [-0.2, -0.15) is 0 Å². The molecule has 0 unspecified atom stereocenters. The van der Waals surface area contributed by atoms with Gasteiger partial charge in [-0.1, -0.05) is 43.9 Å². The van der Waals surface area contributed by atoms with Gasteiger partial charge in [-0.15, -0.1) is 0 Å². The summed E-state index contributed by atoms with van der Waals surface area (Å²) in [4.78, 5) is 37.5. The summed E-state index contributed by atoms with van der Waals surface area (Å²) in [5, 5.41) is 2.64. The molecule has 0 bridgehead atoms. The van der Waals surface area contributed by atoms with Crippen LogP contribution in [-0.2, 0) is 21.4 Å². The van der Waals surface area contributed by atoms with E-state index >= 15 is 0 Å². The minimum atomic E-state index is -0.963. The summed E-state index contributed by atoms with van der Waals surface area (Å²) in [5.74, 6) is -0.286. The molecule has 1 fully saturated rings. The molecule has 7 nitrogen and oxygen atoms in total. The number of hydrogen-bond acceptors (Lipinski definition) is 4. The van der Waals surface area contributed by atoms with Crippen molar-refractivity contribution in [1.82, 2.24) is 9.36 Å². The van der Waals surface area contributed by atoms with E-state index in [4.69, 9.17) is 4.74 Å². The topological polar surface area (TPSA) is 82.3 Å². The molecular formula is C22H29N3O4. The zero-order chi connectivity index (χ0) is 21.0. The first-order chi connectivity index (χ1) is 13.9. The van der Waals surface area contributed by atoms with E-state index in [0.29, 0.717) is 23.7 Å². The maximum absolute atomic E-state index is 12.9. The summed E-state index contributed by atoms with van der Waals surface area (Å²) < 4.78 is 8.45. The molecule has 1 amide bonds. The molecule has 1 aromatic heterocycles. The van der Waals surface area contributed by atoms with Gasteiger partial charge in [0.15, 0.2) is 6.10 Å². The number of nitrogens with one attached hydrogen (secondary N) is 1. The Bertz CT molecular complexity index is 924. The van der Waals surface area contributed by atoms with Crippen LogP contribution < -0.4 is 10.9 Å². The average molecular weight is 399 g/mol. The van der Waals surface area contributed by atoms with Crippen molar-refractivity contribution in [2.45, 2.75) is 58.5 Å². The standard InChI is InChI=1S/C22H29N3O4/c1-15-20(22(28)25(24(15)3)18-11-5-4-6-12-18)23-21(27)16(2)29-19(26)14-13-17-9-7-8-10-17/h4-6,11-12,16-17H,7-10,13-14H2,1-3H3,(H,23,27)/t16-/m1/s1. The molecule has 0 spiro atoms. The van der Waals surface area contributed by atoms with E-state index in [2.05, 4.69) is 5.32 Å². The summed E-state index contributed by atoms with van der Waals surface area (Å²) in [5.41, 5.74) is 1.18. The van der Waals surface area contributed by atoms with Crippen LogP contribution in [0.2, 0.25) is 0 Å². The van der Waals surface area contributed by atoms with Gasteiger partial charge in [0.2, 0.25) is 0 Å². The van der Waals surface area contributed by atoms with Crippen LogP contribution in [0.5, 0.6) is 0 Å². The maximum Gasteiger partial charge on any atom is 0.306 e. The Morgan fingerprint density at radius 2 is 1.86 bits per heavy atom. The number of ether oxygens (including phenoxy) is 1. The quantitative estimate of drug-likeness (QED) is 0.724. The Morgan fingerprint density at radius 3 is 2.52 bits per heavy atom. The molecule has 1 aromatic carbocycles. The normalized spacial score (nSPS) is 15.3. The predicted molar refractivity (Wildman–Crippen MR) is 111 cm³/mol. The smallest absolute Gasteiger partial charge is 0.306 e. The molecular weight excluding hydrogens is 370 g/mol. The molecule has 0 radical (unpaired) electrons. The summed E-state index contributed by atoms with van der Waals surface area (Å²) >= 11 is 0. The van der Waals surface area contributed by atoms with Gasteiger partial charge in [0.05, 0.1) is 11.4 Å². The van der Waals surface area contributed by atoms with Crippen molar-refractivity contribution < 1.29 is 14.3 Å². The SMILES string of the molecule is Cc1c(NC(=O)[C@@H](C)OC(=O)CCC2CCCC2)c(=O)n(-c2ccccc2)n1C. The highest BCUT2D eigenvalue weighted by atomic mass is 16.5. The van der Waals surface area contributed by atoms with Gasteiger partial charge in [0.25, 0.3) is 11.5 Å². The molecule has 1 aliphatic rings. The zero-order valence-corrected chi connectivity index (χ0v) is 17.3. The summed E-state index contributed by atoms with van der Waals surface area (Å²) in [7, 11) is 1.76. The maximum atomic E-state index is 12.9. The second-order valence-electron chi connectivity index (χ2n) is 7.75. The molecule has 3 rings (SSSR count). The number of esters is 1. The number of aromatic nitrogens is 2. The van der Waals surface area contributed by atoms with Gasteiger partial charge in [-0.05, 0) is 38.3 Å². The lowest BCUT2D eigenvalue weighted by molar-refractivity contribution is -0.153. The number of carbonyl (C=O) groups is 2. The molecule has 1 N–H and O–H groups in total. The summed E-state index contributed by atoms with van der Waals surface area (Å²) in [6, 6.07) is 9.20. The van der Waals surface area contributed by atoms with Crippen LogP contribution in [0.25, 0.3) is 5.69 Å². The Labute approximate surface area is 170 Å². The number of benzene rings is 1. The van der Waals surface area contributed by atoms with Crippen LogP contribution >= 0.6 is 0 Å². The fraction of sp³-hybridized carbons (Fsp3) is 0.500. The fourth-order valence-electron chi connectivity index (χ4n) is 3.87. The van der Waals surface area contributed by atoms with Crippen LogP contribution in [-0.4, -0.2) is 27.3 Å². The van der Waals surface area contributed by atoms with Crippen molar-refractivity contribution in [1.29, 1.82) is 0 Å². The first kappa shape index (κ1) is 20.9. The Balaban J connectivity index is 1.64. The van der Waals surface area contributed by atoms with E-state index < -0.39 is 12.0 Å². The minimum Gasteiger partial charge on any atom is -0.453 e. The highest BCUT2D eigenvalue weighted by molar-refractivity contribution is 5.95. The molecule has 1 heterocycles. The molecule has 0 saturated heterocycles. The number of amides is 1. The van der Waals surface area contributed by atoms with E-state index in [-0.39, 0.29) is 17.2 Å². The third-order valence-corrected chi connectivity index (χ3v) is 5.71. The van der Waals surface area contributed by atoms with Crippen molar-refractivity contribution in [3.05, 3.63) is 46.4 Å². The number of hydrogen-bond donors (Lipinski definition) is 1. The van der Waals surface area contributed by atoms with Crippen LogP contribution in [0.3, 0.4) is 0 Å². The van der Waals surface area contributed by atoms with Gasteiger partial charge in [0.1, 0.15) is 5.69 Å². The van der Waals surface area contributed by atoms with Gasteiger partial charge in [-0.3, -0.25) is 19.1 Å². The van der Waals surface area contributed by atoms with Crippen LogP contribution in [0.1, 0.15) is 51.1 Å².